The van der Waals surface area contributed by atoms with Gasteiger partial charge in [-0.2, -0.15) is 4.31 Å². The van der Waals surface area contributed by atoms with Gasteiger partial charge in [-0.25, -0.2) is 13.2 Å². The van der Waals surface area contributed by atoms with Gasteiger partial charge in [0, 0.05) is 13.1 Å². The molecule has 0 fully saturated rings. The quantitative estimate of drug-likeness (QED) is 0.941. The molecule has 0 radical (unpaired) electrons. The van der Waals surface area contributed by atoms with E-state index in [4.69, 9.17) is 5.11 Å². The first-order valence-electron chi connectivity index (χ1n) is 6.30. The van der Waals surface area contributed by atoms with Gasteiger partial charge in [-0.05, 0) is 29.7 Å². The summed E-state index contributed by atoms with van der Waals surface area (Å²) >= 11 is 0.811. The maximum atomic E-state index is 12.6. The first-order chi connectivity index (χ1) is 9.89. The minimum Gasteiger partial charge on any atom is -0.477 e. The molecule has 0 atom stereocenters. The van der Waals surface area contributed by atoms with E-state index in [1.54, 1.807) is 6.92 Å². The Morgan fingerprint density at radius 1 is 1.24 bits per heavy atom. The van der Waals surface area contributed by atoms with Gasteiger partial charge in [0.25, 0.3) is 10.0 Å². The van der Waals surface area contributed by atoms with E-state index in [1.165, 1.54) is 10.4 Å². The van der Waals surface area contributed by atoms with Crippen LogP contribution in [0, 0.1) is 6.92 Å². The zero-order valence-corrected chi connectivity index (χ0v) is 12.9. The highest BCUT2D eigenvalue weighted by molar-refractivity contribution is 7.91. The molecule has 0 saturated heterocycles. The number of aromatic carboxylic acids is 1. The van der Waals surface area contributed by atoms with Crippen LogP contribution in [0.15, 0.2) is 34.5 Å². The lowest BCUT2D eigenvalue weighted by atomic mass is 10.1. The first-order valence-corrected chi connectivity index (χ1v) is 8.56. The van der Waals surface area contributed by atoms with Gasteiger partial charge in [0.05, 0.1) is 0 Å². The Hall–Kier alpha value is -1.70. The van der Waals surface area contributed by atoms with Crippen molar-refractivity contribution in [2.24, 2.45) is 0 Å². The Kier molecular flexibility index (Phi) is 3.35. The number of nitrogens with zero attached hydrogens (tertiary/aromatic N) is 1. The molecule has 0 spiro atoms. The van der Waals surface area contributed by atoms with Crippen LogP contribution >= 0.6 is 11.3 Å². The SMILES string of the molecule is Cc1cc(S(=O)(=O)N2Cc3ccccc3C2)sc1C(=O)O. The monoisotopic (exact) mass is 323 g/mol. The number of hydrogen-bond acceptors (Lipinski definition) is 4. The molecule has 21 heavy (non-hydrogen) atoms. The molecule has 1 aromatic heterocycles. The van der Waals surface area contributed by atoms with Gasteiger partial charge in [-0.3, -0.25) is 0 Å². The van der Waals surface area contributed by atoms with Gasteiger partial charge in [0.15, 0.2) is 0 Å². The standard InChI is InChI=1S/C14H13NO4S2/c1-9-6-12(20-13(9)14(16)17)21(18,19)15-7-10-4-2-3-5-11(10)8-15/h2-6H,7-8H2,1H3,(H,16,17). The van der Waals surface area contributed by atoms with E-state index in [0.717, 1.165) is 22.5 Å². The highest BCUT2D eigenvalue weighted by Gasteiger charge is 2.32. The van der Waals surface area contributed by atoms with Crippen LogP contribution in [0.3, 0.4) is 0 Å². The van der Waals surface area contributed by atoms with Crippen molar-refractivity contribution in [2.75, 3.05) is 0 Å². The lowest BCUT2D eigenvalue weighted by Crippen LogP contribution is -2.24. The summed E-state index contributed by atoms with van der Waals surface area (Å²) in [5.41, 5.74) is 2.46. The highest BCUT2D eigenvalue weighted by atomic mass is 32.2. The van der Waals surface area contributed by atoms with Gasteiger partial charge in [0.1, 0.15) is 9.09 Å². The molecule has 5 nitrogen and oxygen atoms in total. The fourth-order valence-electron chi connectivity index (χ4n) is 2.39. The van der Waals surface area contributed by atoms with Crippen LogP contribution in [0.2, 0.25) is 0 Å². The third-order valence-electron chi connectivity index (χ3n) is 3.50. The highest BCUT2D eigenvalue weighted by Crippen LogP contribution is 2.33. The van der Waals surface area contributed by atoms with Gasteiger partial charge >= 0.3 is 5.97 Å². The lowest BCUT2D eigenvalue weighted by molar-refractivity contribution is 0.0701. The summed E-state index contributed by atoms with van der Waals surface area (Å²) in [7, 11) is -3.65. The van der Waals surface area contributed by atoms with Gasteiger partial charge < -0.3 is 5.11 Å². The van der Waals surface area contributed by atoms with Crippen LogP contribution in [0.4, 0.5) is 0 Å². The third kappa shape index (κ3) is 2.37. The molecule has 110 valence electrons. The Balaban J connectivity index is 1.96. The average molecular weight is 323 g/mol. The molecule has 0 bridgehead atoms. The van der Waals surface area contributed by atoms with Crippen molar-refractivity contribution in [3.05, 3.63) is 51.9 Å². The number of rotatable bonds is 3. The van der Waals surface area contributed by atoms with Crippen molar-refractivity contribution in [1.82, 2.24) is 4.31 Å². The molecule has 2 heterocycles. The van der Waals surface area contributed by atoms with E-state index in [9.17, 15) is 13.2 Å². The molecule has 0 amide bonds. The molecule has 7 heteroatoms. The van der Waals surface area contributed by atoms with Crippen molar-refractivity contribution in [1.29, 1.82) is 0 Å². The summed E-state index contributed by atoms with van der Waals surface area (Å²) in [6.07, 6.45) is 0. The summed E-state index contributed by atoms with van der Waals surface area (Å²) in [4.78, 5) is 11.1. The largest absolute Gasteiger partial charge is 0.477 e. The van der Waals surface area contributed by atoms with E-state index < -0.39 is 16.0 Å². The van der Waals surface area contributed by atoms with Crippen LogP contribution < -0.4 is 0 Å². The van der Waals surface area contributed by atoms with Crippen LogP contribution in [-0.4, -0.2) is 23.8 Å². The number of carbonyl (C=O) groups is 1. The molecule has 1 aliphatic rings. The number of benzene rings is 1. The second-order valence-electron chi connectivity index (χ2n) is 4.92. The van der Waals surface area contributed by atoms with E-state index in [0.29, 0.717) is 18.7 Å². The summed E-state index contributed by atoms with van der Waals surface area (Å²) in [5, 5.41) is 9.05. The van der Waals surface area contributed by atoms with E-state index in [-0.39, 0.29) is 9.09 Å². The van der Waals surface area contributed by atoms with E-state index >= 15 is 0 Å². The number of thiophene rings is 1. The van der Waals surface area contributed by atoms with Crippen LogP contribution in [-0.2, 0) is 23.1 Å². The Labute approximate surface area is 126 Å². The van der Waals surface area contributed by atoms with Crippen LogP contribution in [0.1, 0.15) is 26.4 Å². The topological polar surface area (TPSA) is 74.7 Å². The number of hydrogen-bond donors (Lipinski definition) is 1. The molecule has 0 saturated carbocycles. The van der Waals surface area contributed by atoms with Crippen molar-refractivity contribution >= 4 is 27.3 Å². The van der Waals surface area contributed by atoms with Crippen molar-refractivity contribution < 1.29 is 18.3 Å². The molecule has 0 unspecified atom stereocenters. The minimum atomic E-state index is -3.65. The maximum Gasteiger partial charge on any atom is 0.346 e. The average Bonchev–Trinajstić information content (AvgIpc) is 3.02. The van der Waals surface area contributed by atoms with E-state index in [2.05, 4.69) is 0 Å². The molecular formula is C14H13NO4S2. The Morgan fingerprint density at radius 3 is 2.29 bits per heavy atom. The number of carboxylic acids is 1. The van der Waals surface area contributed by atoms with Crippen molar-refractivity contribution in [2.45, 2.75) is 24.2 Å². The Bertz CT molecular complexity index is 798. The second kappa shape index (κ2) is 4.94. The maximum absolute atomic E-state index is 12.6. The summed E-state index contributed by atoms with van der Waals surface area (Å²) in [6, 6.07) is 9.02. The van der Waals surface area contributed by atoms with Crippen molar-refractivity contribution in [3.8, 4) is 0 Å². The predicted octanol–water partition coefficient (Wildman–Crippen LogP) is 2.46. The van der Waals surface area contributed by atoms with Crippen LogP contribution in [0.25, 0.3) is 0 Å². The number of fused-ring (bicyclic) bond motifs is 1. The number of carboxylic acid groups (broad SMARTS) is 1. The normalized spacial score (nSPS) is 15.1. The molecule has 1 N–H and O–H groups in total. The molecule has 0 aliphatic carbocycles. The predicted molar refractivity (Wildman–Crippen MR) is 78.9 cm³/mol. The summed E-state index contributed by atoms with van der Waals surface area (Å²) < 4.78 is 26.7. The molecule has 2 aromatic rings. The number of aryl methyl sites for hydroxylation is 1. The van der Waals surface area contributed by atoms with Crippen molar-refractivity contribution in [3.63, 3.8) is 0 Å². The molecule has 1 aromatic carbocycles. The molecule has 1 aliphatic heterocycles. The summed E-state index contributed by atoms with van der Waals surface area (Å²) in [6.45, 7) is 2.27. The zero-order valence-electron chi connectivity index (χ0n) is 11.2. The Morgan fingerprint density at radius 2 is 1.81 bits per heavy atom. The second-order valence-corrected chi connectivity index (χ2v) is 8.14. The smallest absolute Gasteiger partial charge is 0.346 e. The fourth-order valence-corrected chi connectivity index (χ4v) is 5.32. The molecule has 3 rings (SSSR count). The lowest BCUT2D eigenvalue weighted by Gasteiger charge is -2.13. The van der Waals surface area contributed by atoms with Gasteiger partial charge in [-0.15, -0.1) is 11.3 Å². The fraction of sp³-hybridized carbons (Fsp3) is 0.214. The molecular weight excluding hydrogens is 310 g/mol. The van der Waals surface area contributed by atoms with E-state index in [1.807, 2.05) is 24.3 Å². The van der Waals surface area contributed by atoms with Crippen LogP contribution in [0.5, 0.6) is 0 Å². The summed E-state index contributed by atoms with van der Waals surface area (Å²) in [5.74, 6) is -1.09. The van der Waals surface area contributed by atoms with Gasteiger partial charge in [-0.1, -0.05) is 24.3 Å². The zero-order chi connectivity index (χ0) is 15.2. The first kappa shape index (κ1) is 14.2. The third-order valence-corrected chi connectivity index (χ3v) is 6.96. The number of sulfonamides is 1. The van der Waals surface area contributed by atoms with Gasteiger partial charge in [0.2, 0.25) is 0 Å². The minimum absolute atomic E-state index is 0.0743.